The van der Waals surface area contributed by atoms with Gasteiger partial charge in [-0.2, -0.15) is 4.98 Å². The van der Waals surface area contributed by atoms with Gasteiger partial charge in [-0.05, 0) is 60.0 Å². The number of hydrogen-bond donors (Lipinski definition) is 2. The zero-order valence-electron chi connectivity index (χ0n) is 20.3. The van der Waals surface area contributed by atoms with Crippen molar-refractivity contribution in [2.75, 3.05) is 27.3 Å². The van der Waals surface area contributed by atoms with Crippen LogP contribution in [0.3, 0.4) is 0 Å². The number of aromatic nitrogens is 2. The second kappa shape index (κ2) is 11.4. The molecule has 0 aliphatic rings. The molecule has 0 aliphatic heterocycles. The summed E-state index contributed by atoms with van der Waals surface area (Å²) in [6, 6.07) is 22.3. The molecule has 0 saturated heterocycles. The maximum atomic E-state index is 9.67. The lowest BCUT2D eigenvalue weighted by molar-refractivity contribution is 0.0648. The molecule has 0 saturated carbocycles. The summed E-state index contributed by atoms with van der Waals surface area (Å²) >= 11 is 0. The van der Waals surface area contributed by atoms with E-state index in [-0.39, 0.29) is 6.61 Å². The fourth-order valence-corrected chi connectivity index (χ4v) is 4.20. The fraction of sp³-hybridized carbons (Fsp3) is 0.286. The van der Waals surface area contributed by atoms with E-state index in [0.717, 1.165) is 27.8 Å². The summed E-state index contributed by atoms with van der Waals surface area (Å²) < 4.78 is 11.1. The lowest BCUT2D eigenvalue weighted by Gasteiger charge is -2.19. The number of likely N-dealkylation sites (N-methyl/N-ethyl adjacent to an activating group) is 1. The molecule has 3 aromatic carbocycles. The van der Waals surface area contributed by atoms with Crippen LogP contribution in [0, 0.1) is 6.92 Å². The number of benzene rings is 3. The molecule has 0 aliphatic carbocycles. The molecule has 1 unspecified atom stereocenters. The van der Waals surface area contributed by atoms with Gasteiger partial charge in [0.05, 0.1) is 19.3 Å². The van der Waals surface area contributed by atoms with Gasteiger partial charge in [0, 0.05) is 31.3 Å². The maximum Gasteiger partial charge on any atom is 0.258 e. The van der Waals surface area contributed by atoms with Gasteiger partial charge < -0.3 is 19.5 Å². The van der Waals surface area contributed by atoms with E-state index in [9.17, 15) is 5.11 Å². The molecule has 7 heteroatoms. The average Bonchev–Trinajstić information content (AvgIpc) is 3.35. The average molecular weight is 474 g/mol. The van der Waals surface area contributed by atoms with Crippen LogP contribution in [0.4, 0.5) is 0 Å². The number of aliphatic hydroxyl groups excluding tert-OH is 2. The van der Waals surface area contributed by atoms with Crippen LogP contribution in [0.25, 0.3) is 34.0 Å². The standard InChI is InChI=1S/C28H31N3O4/c1-19-7-4-5-10-25(19)26-12-11-22(14-23(26)18-34-3)28-29-27(30-35-28)21-9-6-8-20(13-21)15-31(2)16-24(33)17-32/h4-14,24,32-33H,15-18H2,1-3H3. The van der Waals surface area contributed by atoms with Crippen molar-refractivity contribution in [1.82, 2.24) is 15.0 Å². The summed E-state index contributed by atoms with van der Waals surface area (Å²) in [5, 5.41) is 22.9. The van der Waals surface area contributed by atoms with Crippen LogP contribution in [0.1, 0.15) is 16.7 Å². The first-order valence-corrected chi connectivity index (χ1v) is 11.6. The molecule has 182 valence electrons. The van der Waals surface area contributed by atoms with E-state index in [2.05, 4.69) is 35.3 Å². The largest absolute Gasteiger partial charge is 0.394 e. The van der Waals surface area contributed by atoms with E-state index in [1.807, 2.05) is 60.5 Å². The molecule has 4 aromatic rings. The molecule has 0 spiro atoms. The Bertz CT molecular complexity index is 1270. The molecule has 2 N–H and O–H groups in total. The molecule has 0 bridgehead atoms. The third kappa shape index (κ3) is 6.01. The van der Waals surface area contributed by atoms with Gasteiger partial charge in [0.15, 0.2) is 0 Å². The van der Waals surface area contributed by atoms with Crippen molar-refractivity contribution in [1.29, 1.82) is 0 Å². The highest BCUT2D eigenvalue weighted by Gasteiger charge is 2.15. The van der Waals surface area contributed by atoms with Gasteiger partial charge in [-0.1, -0.05) is 53.7 Å². The van der Waals surface area contributed by atoms with Crippen molar-refractivity contribution >= 4 is 0 Å². The van der Waals surface area contributed by atoms with Crippen LogP contribution >= 0.6 is 0 Å². The quantitative estimate of drug-likeness (QED) is 0.355. The molecular weight excluding hydrogens is 442 g/mol. The van der Waals surface area contributed by atoms with Crippen LogP contribution < -0.4 is 0 Å². The summed E-state index contributed by atoms with van der Waals surface area (Å²) in [6.07, 6.45) is -0.761. The molecule has 35 heavy (non-hydrogen) atoms. The maximum absolute atomic E-state index is 9.67. The lowest BCUT2D eigenvalue weighted by atomic mass is 9.94. The normalized spacial score (nSPS) is 12.3. The summed E-state index contributed by atoms with van der Waals surface area (Å²) in [5.74, 6) is 0.957. The van der Waals surface area contributed by atoms with Gasteiger partial charge in [0.25, 0.3) is 5.89 Å². The first-order valence-electron chi connectivity index (χ1n) is 11.6. The second-order valence-electron chi connectivity index (χ2n) is 8.78. The van der Waals surface area contributed by atoms with Crippen molar-refractivity contribution in [2.45, 2.75) is 26.2 Å². The van der Waals surface area contributed by atoms with E-state index in [1.54, 1.807) is 7.11 Å². The van der Waals surface area contributed by atoms with Gasteiger partial charge in [-0.25, -0.2) is 0 Å². The molecule has 7 nitrogen and oxygen atoms in total. The number of aryl methyl sites for hydroxylation is 1. The number of aliphatic hydroxyl groups is 2. The highest BCUT2D eigenvalue weighted by molar-refractivity contribution is 5.74. The zero-order valence-corrected chi connectivity index (χ0v) is 20.3. The number of nitrogens with zero attached hydrogens (tertiary/aromatic N) is 3. The summed E-state index contributed by atoms with van der Waals surface area (Å²) in [6.45, 7) is 3.32. The molecule has 0 fully saturated rings. The van der Waals surface area contributed by atoms with E-state index >= 15 is 0 Å². The molecule has 4 rings (SSSR count). The Morgan fingerprint density at radius 2 is 1.83 bits per heavy atom. The van der Waals surface area contributed by atoms with Gasteiger partial charge in [-0.3, -0.25) is 4.90 Å². The number of ether oxygens (including phenoxy) is 1. The van der Waals surface area contributed by atoms with Gasteiger partial charge in [-0.15, -0.1) is 0 Å². The van der Waals surface area contributed by atoms with Gasteiger partial charge in [0.2, 0.25) is 5.82 Å². The highest BCUT2D eigenvalue weighted by Crippen LogP contribution is 2.31. The second-order valence-corrected chi connectivity index (χ2v) is 8.78. The SMILES string of the molecule is COCc1cc(-c2nc(-c3cccc(CN(C)CC(O)CO)c3)no2)ccc1-c1ccccc1C. The predicted octanol–water partition coefficient (Wildman–Crippen LogP) is 4.31. The zero-order chi connectivity index (χ0) is 24.8. The Morgan fingerprint density at radius 3 is 2.60 bits per heavy atom. The van der Waals surface area contributed by atoms with E-state index in [1.165, 1.54) is 11.1 Å². The Morgan fingerprint density at radius 1 is 1.00 bits per heavy atom. The van der Waals surface area contributed by atoms with Gasteiger partial charge >= 0.3 is 0 Å². The van der Waals surface area contributed by atoms with Gasteiger partial charge in [0.1, 0.15) is 0 Å². The molecular formula is C28H31N3O4. The minimum absolute atomic E-state index is 0.256. The summed E-state index contributed by atoms with van der Waals surface area (Å²) in [5.41, 5.74) is 7.28. The van der Waals surface area contributed by atoms with E-state index in [4.69, 9.17) is 14.4 Å². The number of hydrogen-bond acceptors (Lipinski definition) is 7. The van der Waals surface area contributed by atoms with E-state index in [0.29, 0.717) is 31.4 Å². The minimum atomic E-state index is -0.761. The smallest absolute Gasteiger partial charge is 0.258 e. The van der Waals surface area contributed by atoms with Crippen molar-refractivity contribution < 1.29 is 19.5 Å². The topological polar surface area (TPSA) is 91.9 Å². The molecule has 1 heterocycles. The molecule has 1 atom stereocenters. The van der Waals surface area contributed by atoms with E-state index < -0.39 is 6.10 Å². The summed E-state index contributed by atoms with van der Waals surface area (Å²) in [4.78, 5) is 6.60. The predicted molar refractivity (Wildman–Crippen MR) is 135 cm³/mol. The van der Waals surface area contributed by atoms with Crippen LogP contribution in [0.15, 0.2) is 71.3 Å². The van der Waals surface area contributed by atoms with Crippen LogP contribution in [0.2, 0.25) is 0 Å². The number of rotatable bonds is 10. The highest BCUT2D eigenvalue weighted by atomic mass is 16.5. The minimum Gasteiger partial charge on any atom is -0.394 e. The van der Waals surface area contributed by atoms with Crippen molar-refractivity contribution in [3.63, 3.8) is 0 Å². The molecule has 1 aromatic heterocycles. The Hall–Kier alpha value is -3.36. The first-order chi connectivity index (χ1) is 17.0. The first kappa shape index (κ1) is 24.8. The lowest BCUT2D eigenvalue weighted by Crippen LogP contribution is -2.30. The fourth-order valence-electron chi connectivity index (χ4n) is 4.20. The monoisotopic (exact) mass is 473 g/mol. The Balaban J connectivity index is 1.58. The summed E-state index contributed by atoms with van der Waals surface area (Å²) in [7, 11) is 3.59. The van der Waals surface area contributed by atoms with Crippen LogP contribution in [-0.2, 0) is 17.9 Å². The number of methoxy groups -OCH3 is 1. The molecule has 0 radical (unpaired) electrons. The van der Waals surface area contributed by atoms with Crippen molar-refractivity contribution in [3.05, 3.63) is 83.4 Å². The third-order valence-electron chi connectivity index (χ3n) is 5.88. The van der Waals surface area contributed by atoms with Crippen LogP contribution in [-0.4, -0.2) is 58.7 Å². The van der Waals surface area contributed by atoms with Crippen molar-refractivity contribution in [2.24, 2.45) is 0 Å². The Labute approximate surface area is 205 Å². The van der Waals surface area contributed by atoms with Crippen LogP contribution in [0.5, 0.6) is 0 Å². The molecule has 0 amide bonds. The van der Waals surface area contributed by atoms with Crippen molar-refractivity contribution in [3.8, 4) is 34.0 Å². The third-order valence-corrected chi connectivity index (χ3v) is 5.88. The Kier molecular flexibility index (Phi) is 8.05.